The van der Waals surface area contributed by atoms with Crippen LogP contribution in [0.1, 0.15) is 19.4 Å². The standard InChI is InChI=1S/C16H24N4/c1-4-19(3)12-14(2)17-10-15-11-18-20(13-15)16-8-6-5-7-9-16/h5-9,11,13-14,17H,4,10,12H2,1-3H3. The van der Waals surface area contributed by atoms with Gasteiger partial charge in [0.15, 0.2) is 0 Å². The lowest BCUT2D eigenvalue weighted by molar-refractivity contribution is 0.309. The number of aromatic nitrogens is 2. The Kier molecular flexibility index (Phi) is 5.32. The van der Waals surface area contributed by atoms with E-state index in [-0.39, 0.29) is 0 Å². The molecule has 1 N–H and O–H groups in total. The van der Waals surface area contributed by atoms with Crippen molar-refractivity contribution in [2.75, 3.05) is 20.1 Å². The molecule has 20 heavy (non-hydrogen) atoms. The lowest BCUT2D eigenvalue weighted by Crippen LogP contribution is -2.36. The second-order valence-corrected chi connectivity index (χ2v) is 5.27. The molecule has 0 aliphatic rings. The van der Waals surface area contributed by atoms with E-state index in [0.717, 1.165) is 25.3 Å². The average Bonchev–Trinajstić information content (AvgIpc) is 2.95. The van der Waals surface area contributed by atoms with Gasteiger partial charge in [-0.3, -0.25) is 0 Å². The van der Waals surface area contributed by atoms with Crippen molar-refractivity contribution in [3.63, 3.8) is 0 Å². The molecule has 1 aromatic heterocycles. The summed E-state index contributed by atoms with van der Waals surface area (Å²) >= 11 is 0. The SMILES string of the molecule is CCN(C)CC(C)NCc1cnn(-c2ccccc2)c1. The topological polar surface area (TPSA) is 33.1 Å². The molecule has 0 aliphatic heterocycles. The summed E-state index contributed by atoms with van der Waals surface area (Å²) in [5.41, 5.74) is 2.30. The van der Waals surface area contributed by atoms with Crippen LogP contribution in [0, 0.1) is 0 Å². The summed E-state index contributed by atoms with van der Waals surface area (Å²) in [7, 11) is 2.14. The predicted molar refractivity (Wildman–Crippen MR) is 83.0 cm³/mol. The summed E-state index contributed by atoms with van der Waals surface area (Å²) in [6, 6.07) is 10.7. The molecule has 2 rings (SSSR count). The zero-order chi connectivity index (χ0) is 14.4. The molecule has 0 spiro atoms. The minimum absolute atomic E-state index is 0.472. The van der Waals surface area contributed by atoms with Crippen molar-refractivity contribution in [1.82, 2.24) is 20.0 Å². The van der Waals surface area contributed by atoms with E-state index in [1.807, 2.05) is 29.1 Å². The number of rotatable bonds is 7. The zero-order valence-electron chi connectivity index (χ0n) is 12.6. The Morgan fingerprint density at radius 3 is 2.75 bits per heavy atom. The van der Waals surface area contributed by atoms with Crippen LogP contribution in [0.3, 0.4) is 0 Å². The van der Waals surface area contributed by atoms with E-state index in [1.165, 1.54) is 5.56 Å². The van der Waals surface area contributed by atoms with Crippen LogP contribution in [0.25, 0.3) is 5.69 Å². The van der Waals surface area contributed by atoms with Crippen LogP contribution in [0.15, 0.2) is 42.7 Å². The Balaban J connectivity index is 1.87. The van der Waals surface area contributed by atoms with Crippen molar-refractivity contribution in [1.29, 1.82) is 0 Å². The first-order valence-electron chi connectivity index (χ1n) is 7.20. The first-order chi connectivity index (χ1) is 9.69. The molecule has 0 saturated heterocycles. The number of hydrogen-bond acceptors (Lipinski definition) is 3. The highest BCUT2D eigenvalue weighted by Crippen LogP contribution is 2.07. The number of benzene rings is 1. The van der Waals surface area contributed by atoms with E-state index in [4.69, 9.17) is 0 Å². The Morgan fingerprint density at radius 1 is 1.30 bits per heavy atom. The molecular weight excluding hydrogens is 248 g/mol. The summed E-state index contributed by atoms with van der Waals surface area (Å²) in [4.78, 5) is 2.31. The Bertz CT molecular complexity index is 506. The maximum absolute atomic E-state index is 4.41. The van der Waals surface area contributed by atoms with Gasteiger partial charge < -0.3 is 10.2 Å². The fraction of sp³-hybridized carbons (Fsp3) is 0.438. The highest BCUT2D eigenvalue weighted by Gasteiger charge is 2.06. The molecule has 1 aromatic carbocycles. The van der Waals surface area contributed by atoms with Crippen molar-refractivity contribution in [3.05, 3.63) is 48.3 Å². The molecule has 2 aromatic rings. The minimum Gasteiger partial charge on any atom is -0.309 e. The predicted octanol–water partition coefficient (Wildman–Crippen LogP) is 2.30. The van der Waals surface area contributed by atoms with Crippen molar-refractivity contribution < 1.29 is 0 Å². The van der Waals surface area contributed by atoms with Gasteiger partial charge in [-0.2, -0.15) is 5.10 Å². The molecule has 1 unspecified atom stereocenters. The van der Waals surface area contributed by atoms with E-state index >= 15 is 0 Å². The van der Waals surface area contributed by atoms with Crippen LogP contribution < -0.4 is 5.32 Å². The molecule has 1 heterocycles. The van der Waals surface area contributed by atoms with E-state index < -0.39 is 0 Å². The molecule has 0 saturated carbocycles. The first-order valence-corrected chi connectivity index (χ1v) is 7.20. The molecule has 0 bridgehead atoms. The van der Waals surface area contributed by atoms with E-state index in [9.17, 15) is 0 Å². The lowest BCUT2D eigenvalue weighted by atomic mass is 10.2. The quantitative estimate of drug-likeness (QED) is 0.839. The molecule has 1 atom stereocenters. The van der Waals surface area contributed by atoms with Gasteiger partial charge in [-0.15, -0.1) is 0 Å². The normalized spacial score (nSPS) is 12.8. The highest BCUT2D eigenvalue weighted by molar-refractivity contribution is 5.30. The number of nitrogens with one attached hydrogen (secondary N) is 1. The summed E-state index contributed by atoms with van der Waals surface area (Å²) < 4.78 is 1.92. The summed E-state index contributed by atoms with van der Waals surface area (Å²) in [5, 5.41) is 7.94. The third kappa shape index (κ3) is 4.18. The minimum atomic E-state index is 0.472. The Morgan fingerprint density at radius 2 is 2.05 bits per heavy atom. The van der Waals surface area contributed by atoms with E-state index in [2.05, 4.69) is 54.5 Å². The zero-order valence-corrected chi connectivity index (χ0v) is 12.6. The van der Waals surface area contributed by atoms with E-state index in [1.54, 1.807) is 0 Å². The monoisotopic (exact) mass is 272 g/mol. The molecule has 108 valence electrons. The highest BCUT2D eigenvalue weighted by atomic mass is 15.3. The second-order valence-electron chi connectivity index (χ2n) is 5.27. The van der Waals surface area contributed by atoms with Crippen LogP contribution in [0.2, 0.25) is 0 Å². The second kappa shape index (κ2) is 7.22. The molecule has 0 amide bonds. The molecule has 0 fully saturated rings. The smallest absolute Gasteiger partial charge is 0.0645 e. The van der Waals surface area contributed by atoms with Gasteiger partial charge in [-0.1, -0.05) is 25.1 Å². The van der Waals surface area contributed by atoms with Crippen molar-refractivity contribution >= 4 is 0 Å². The van der Waals surface area contributed by atoms with Crippen molar-refractivity contribution in [3.8, 4) is 5.69 Å². The van der Waals surface area contributed by atoms with Crippen molar-refractivity contribution in [2.24, 2.45) is 0 Å². The number of hydrogen-bond donors (Lipinski definition) is 1. The Labute approximate surface area is 121 Å². The Hall–Kier alpha value is -1.65. The number of likely N-dealkylation sites (N-methyl/N-ethyl adjacent to an activating group) is 1. The average molecular weight is 272 g/mol. The van der Waals surface area contributed by atoms with Gasteiger partial charge in [-0.25, -0.2) is 4.68 Å². The third-order valence-electron chi connectivity index (χ3n) is 3.44. The lowest BCUT2D eigenvalue weighted by Gasteiger charge is -2.20. The van der Waals surface area contributed by atoms with Gasteiger partial charge in [0.25, 0.3) is 0 Å². The van der Waals surface area contributed by atoms with Gasteiger partial charge in [0.05, 0.1) is 11.9 Å². The first kappa shape index (κ1) is 14.8. The van der Waals surface area contributed by atoms with Gasteiger partial charge >= 0.3 is 0 Å². The summed E-state index contributed by atoms with van der Waals surface area (Å²) in [5.74, 6) is 0. The van der Waals surface area contributed by atoms with Gasteiger partial charge in [0, 0.05) is 30.9 Å². The van der Waals surface area contributed by atoms with Crippen LogP contribution in [0.5, 0.6) is 0 Å². The fourth-order valence-electron chi connectivity index (χ4n) is 2.13. The van der Waals surface area contributed by atoms with Gasteiger partial charge in [0.2, 0.25) is 0 Å². The fourth-order valence-corrected chi connectivity index (χ4v) is 2.13. The third-order valence-corrected chi connectivity index (χ3v) is 3.44. The van der Waals surface area contributed by atoms with Gasteiger partial charge in [-0.05, 0) is 32.6 Å². The molecule has 0 radical (unpaired) electrons. The van der Waals surface area contributed by atoms with Crippen LogP contribution in [-0.2, 0) is 6.54 Å². The summed E-state index contributed by atoms with van der Waals surface area (Å²) in [6.45, 7) is 7.39. The number of para-hydroxylation sites is 1. The number of nitrogens with zero attached hydrogens (tertiary/aromatic N) is 3. The molecule has 4 nitrogen and oxygen atoms in total. The molecule has 4 heteroatoms. The maximum atomic E-state index is 4.41. The molecule has 0 aliphatic carbocycles. The maximum Gasteiger partial charge on any atom is 0.0645 e. The molecular formula is C16H24N4. The summed E-state index contributed by atoms with van der Waals surface area (Å²) in [6.07, 6.45) is 4.01. The van der Waals surface area contributed by atoms with Crippen LogP contribution in [-0.4, -0.2) is 40.9 Å². The van der Waals surface area contributed by atoms with Gasteiger partial charge in [0.1, 0.15) is 0 Å². The van der Waals surface area contributed by atoms with Crippen LogP contribution >= 0.6 is 0 Å². The van der Waals surface area contributed by atoms with Crippen molar-refractivity contribution in [2.45, 2.75) is 26.4 Å². The van der Waals surface area contributed by atoms with Crippen LogP contribution in [0.4, 0.5) is 0 Å². The largest absolute Gasteiger partial charge is 0.309 e. The van der Waals surface area contributed by atoms with E-state index in [0.29, 0.717) is 6.04 Å².